The van der Waals surface area contributed by atoms with E-state index in [0.717, 1.165) is 35.5 Å². The first kappa shape index (κ1) is 15.4. The van der Waals surface area contributed by atoms with E-state index in [-0.39, 0.29) is 6.61 Å². The molecule has 0 aliphatic carbocycles. The SMILES string of the molecule is CCOc1cccc(CCCO)c1OCc1ccccc1. The van der Waals surface area contributed by atoms with Gasteiger partial charge >= 0.3 is 0 Å². The summed E-state index contributed by atoms with van der Waals surface area (Å²) < 4.78 is 11.7. The third-order valence-electron chi connectivity index (χ3n) is 3.19. The quantitative estimate of drug-likeness (QED) is 0.806. The molecule has 0 unspecified atom stereocenters. The molecule has 0 radical (unpaired) electrons. The summed E-state index contributed by atoms with van der Waals surface area (Å²) in [5.41, 5.74) is 2.20. The van der Waals surface area contributed by atoms with Gasteiger partial charge in [0.15, 0.2) is 11.5 Å². The lowest BCUT2D eigenvalue weighted by Gasteiger charge is -2.16. The van der Waals surface area contributed by atoms with Crippen molar-refractivity contribution in [3.8, 4) is 11.5 Å². The molecule has 0 amide bonds. The number of rotatable bonds is 8. The van der Waals surface area contributed by atoms with Crippen molar-refractivity contribution in [2.75, 3.05) is 13.2 Å². The number of aliphatic hydroxyl groups is 1. The molecule has 0 bridgehead atoms. The maximum atomic E-state index is 9.03. The molecule has 0 saturated carbocycles. The van der Waals surface area contributed by atoms with Gasteiger partial charge in [0, 0.05) is 6.61 Å². The van der Waals surface area contributed by atoms with Crippen LogP contribution in [0, 0.1) is 0 Å². The lowest BCUT2D eigenvalue weighted by atomic mass is 10.1. The van der Waals surface area contributed by atoms with Gasteiger partial charge in [0.1, 0.15) is 6.61 Å². The highest BCUT2D eigenvalue weighted by Gasteiger charge is 2.11. The molecule has 3 nitrogen and oxygen atoms in total. The first-order chi connectivity index (χ1) is 10.3. The minimum absolute atomic E-state index is 0.178. The molecule has 1 N–H and O–H groups in total. The van der Waals surface area contributed by atoms with E-state index < -0.39 is 0 Å². The molecule has 0 saturated heterocycles. The summed E-state index contributed by atoms with van der Waals surface area (Å²) in [4.78, 5) is 0. The van der Waals surface area contributed by atoms with Gasteiger partial charge in [-0.25, -0.2) is 0 Å². The van der Waals surface area contributed by atoms with Gasteiger partial charge in [-0.3, -0.25) is 0 Å². The maximum Gasteiger partial charge on any atom is 0.164 e. The van der Waals surface area contributed by atoms with Crippen molar-refractivity contribution in [1.29, 1.82) is 0 Å². The van der Waals surface area contributed by atoms with Gasteiger partial charge in [0.05, 0.1) is 6.61 Å². The van der Waals surface area contributed by atoms with Gasteiger partial charge in [-0.2, -0.15) is 0 Å². The molecular weight excluding hydrogens is 264 g/mol. The Morgan fingerprint density at radius 3 is 2.48 bits per heavy atom. The van der Waals surface area contributed by atoms with E-state index in [0.29, 0.717) is 13.2 Å². The Morgan fingerprint density at radius 1 is 0.952 bits per heavy atom. The summed E-state index contributed by atoms with van der Waals surface area (Å²) >= 11 is 0. The Morgan fingerprint density at radius 2 is 1.76 bits per heavy atom. The number of aliphatic hydroxyl groups excluding tert-OH is 1. The number of ether oxygens (including phenoxy) is 2. The highest BCUT2D eigenvalue weighted by Crippen LogP contribution is 2.33. The number of para-hydroxylation sites is 1. The fourth-order valence-corrected chi connectivity index (χ4v) is 2.19. The van der Waals surface area contributed by atoms with Crippen LogP contribution >= 0.6 is 0 Å². The van der Waals surface area contributed by atoms with Crippen LogP contribution in [0.25, 0.3) is 0 Å². The summed E-state index contributed by atoms with van der Waals surface area (Å²) in [7, 11) is 0. The standard InChI is InChI=1S/C18H22O3/c1-2-20-17-12-6-10-16(11-7-13-19)18(17)21-14-15-8-4-3-5-9-15/h3-6,8-10,12,19H,2,7,11,13-14H2,1H3. The molecule has 0 aliphatic heterocycles. The Labute approximate surface area is 126 Å². The predicted molar refractivity (Wildman–Crippen MR) is 83.8 cm³/mol. The van der Waals surface area contributed by atoms with E-state index in [2.05, 4.69) is 0 Å². The van der Waals surface area contributed by atoms with Crippen LogP contribution in [0.2, 0.25) is 0 Å². The normalized spacial score (nSPS) is 10.4. The molecule has 3 heteroatoms. The van der Waals surface area contributed by atoms with E-state index in [4.69, 9.17) is 14.6 Å². The average Bonchev–Trinajstić information content (AvgIpc) is 2.53. The molecule has 112 valence electrons. The Bertz CT molecular complexity index is 537. The Balaban J connectivity index is 2.17. The molecule has 0 atom stereocenters. The Kier molecular flexibility index (Phi) is 6.10. The fraction of sp³-hybridized carbons (Fsp3) is 0.333. The number of hydrogen-bond donors (Lipinski definition) is 1. The van der Waals surface area contributed by atoms with Crippen molar-refractivity contribution in [2.24, 2.45) is 0 Å². The van der Waals surface area contributed by atoms with Gasteiger partial charge in [0.25, 0.3) is 0 Å². The first-order valence-corrected chi connectivity index (χ1v) is 7.37. The van der Waals surface area contributed by atoms with Crippen LogP contribution in [0.4, 0.5) is 0 Å². The second-order valence-corrected chi connectivity index (χ2v) is 4.78. The first-order valence-electron chi connectivity index (χ1n) is 7.37. The van der Waals surface area contributed by atoms with Crippen LogP contribution < -0.4 is 9.47 Å². The van der Waals surface area contributed by atoms with Crippen LogP contribution in [0.3, 0.4) is 0 Å². The summed E-state index contributed by atoms with van der Waals surface area (Å²) in [6, 6.07) is 16.0. The van der Waals surface area contributed by atoms with Crippen LogP contribution in [0.5, 0.6) is 11.5 Å². The second-order valence-electron chi connectivity index (χ2n) is 4.78. The van der Waals surface area contributed by atoms with Crippen molar-refractivity contribution in [2.45, 2.75) is 26.4 Å². The van der Waals surface area contributed by atoms with Crippen molar-refractivity contribution in [3.05, 3.63) is 59.7 Å². The van der Waals surface area contributed by atoms with Crippen LogP contribution in [-0.4, -0.2) is 18.3 Å². The molecule has 2 aromatic rings. The van der Waals surface area contributed by atoms with Crippen molar-refractivity contribution >= 4 is 0 Å². The summed E-state index contributed by atoms with van der Waals surface area (Å²) in [6.07, 6.45) is 1.50. The van der Waals surface area contributed by atoms with Crippen molar-refractivity contribution in [1.82, 2.24) is 0 Å². The monoisotopic (exact) mass is 286 g/mol. The molecule has 0 fully saturated rings. The lowest BCUT2D eigenvalue weighted by molar-refractivity contribution is 0.263. The van der Waals surface area contributed by atoms with Crippen LogP contribution in [0.15, 0.2) is 48.5 Å². The van der Waals surface area contributed by atoms with Gasteiger partial charge in [0.2, 0.25) is 0 Å². The van der Waals surface area contributed by atoms with E-state index in [1.165, 1.54) is 0 Å². The fourth-order valence-electron chi connectivity index (χ4n) is 2.19. The third-order valence-corrected chi connectivity index (χ3v) is 3.19. The minimum atomic E-state index is 0.178. The maximum absolute atomic E-state index is 9.03. The summed E-state index contributed by atoms with van der Waals surface area (Å²) in [5.74, 6) is 1.56. The second kappa shape index (κ2) is 8.32. The Hall–Kier alpha value is -2.00. The van der Waals surface area contributed by atoms with Gasteiger partial charge in [-0.05, 0) is 37.0 Å². The highest BCUT2D eigenvalue weighted by molar-refractivity contribution is 5.47. The van der Waals surface area contributed by atoms with Gasteiger partial charge in [-0.1, -0.05) is 42.5 Å². The van der Waals surface area contributed by atoms with E-state index in [1.807, 2.05) is 55.5 Å². The summed E-state index contributed by atoms with van der Waals surface area (Å²) in [6.45, 7) is 3.25. The van der Waals surface area contributed by atoms with Crippen molar-refractivity contribution in [3.63, 3.8) is 0 Å². The largest absolute Gasteiger partial charge is 0.490 e. The molecule has 0 heterocycles. The third kappa shape index (κ3) is 4.50. The highest BCUT2D eigenvalue weighted by atomic mass is 16.5. The zero-order valence-corrected chi connectivity index (χ0v) is 12.4. The number of hydrogen-bond acceptors (Lipinski definition) is 3. The van der Waals surface area contributed by atoms with Crippen LogP contribution in [0.1, 0.15) is 24.5 Å². The molecular formula is C18H22O3. The van der Waals surface area contributed by atoms with Crippen LogP contribution in [-0.2, 0) is 13.0 Å². The van der Waals surface area contributed by atoms with E-state index in [1.54, 1.807) is 0 Å². The molecule has 2 aromatic carbocycles. The molecule has 21 heavy (non-hydrogen) atoms. The molecule has 0 aromatic heterocycles. The molecule has 0 aliphatic rings. The van der Waals surface area contributed by atoms with Crippen molar-refractivity contribution < 1.29 is 14.6 Å². The predicted octanol–water partition coefficient (Wildman–Crippen LogP) is 3.59. The van der Waals surface area contributed by atoms with E-state index in [9.17, 15) is 0 Å². The lowest BCUT2D eigenvalue weighted by Crippen LogP contribution is -2.03. The molecule has 0 spiro atoms. The number of benzene rings is 2. The van der Waals surface area contributed by atoms with Gasteiger partial charge in [-0.15, -0.1) is 0 Å². The minimum Gasteiger partial charge on any atom is -0.490 e. The number of aryl methyl sites for hydroxylation is 1. The molecule has 2 rings (SSSR count). The average molecular weight is 286 g/mol. The van der Waals surface area contributed by atoms with Gasteiger partial charge < -0.3 is 14.6 Å². The zero-order valence-electron chi connectivity index (χ0n) is 12.4. The topological polar surface area (TPSA) is 38.7 Å². The zero-order chi connectivity index (χ0) is 14.9. The van der Waals surface area contributed by atoms with E-state index >= 15 is 0 Å². The summed E-state index contributed by atoms with van der Waals surface area (Å²) in [5, 5.41) is 9.03. The smallest absolute Gasteiger partial charge is 0.164 e.